The molecular weight excluding hydrogens is 234 g/mol. The summed E-state index contributed by atoms with van der Waals surface area (Å²) in [6, 6.07) is 7.89. The number of halogens is 1. The van der Waals surface area contributed by atoms with E-state index >= 15 is 0 Å². The first-order valence-electron chi connectivity index (χ1n) is 5.73. The predicted octanol–water partition coefficient (Wildman–Crippen LogP) is 2.69. The van der Waals surface area contributed by atoms with Gasteiger partial charge in [0.1, 0.15) is 0 Å². The van der Waals surface area contributed by atoms with Crippen LogP contribution in [-0.2, 0) is 13.1 Å². The van der Waals surface area contributed by atoms with Gasteiger partial charge in [0.05, 0.1) is 12.0 Å². The summed E-state index contributed by atoms with van der Waals surface area (Å²) in [5.41, 5.74) is 2.25. The Kier molecular flexibility index (Phi) is 4.18. The lowest BCUT2D eigenvalue weighted by atomic mass is 10.2. The number of nitrogens with zero attached hydrogens (tertiary/aromatic N) is 2. The molecule has 3 nitrogen and oxygen atoms in total. The van der Waals surface area contributed by atoms with Gasteiger partial charge in [0.25, 0.3) is 0 Å². The van der Waals surface area contributed by atoms with Gasteiger partial charge in [-0.15, -0.1) is 0 Å². The zero-order chi connectivity index (χ0) is 12.1. The van der Waals surface area contributed by atoms with Crippen LogP contribution in [0.2, 0.25) is 5.02 Å². The molecular formula is C13H16ClN3. The zero-order valence-electron chi connectivity index (χ0n) is 9.86. The number of aromatic nitrogens is 2. The van der Waals surface area contributed by atoms with Crippen LogP contribution in [0.1, 0.15) is 18.2 Å². The standard InChI is InChI=1S/C13H16ClN3/c1-2-15-7-13-9-17(10-16-13)8-11-4-3-5-12(14)6-11/h3-6,9-10,15H,2,7-8H2,1H3. The highest BCUT2D eigenvalue weighted by molar-refractivity contribution is 6.30. The van der Waals surface area contributed by atoms with Crippen LogP contribution >= 0.6 is 11.6 Å². The maximum absolute atomic E-state index is 5.95. The molecule has 0 spiro atoms. The monoisotopic (exact) mass is 249 g/mol. The minimum absolute atomic E-state index is 0.774. The van der Waals surface area contributed by atoms with Gasteiger partial charge in [-0.3, -0.25) is 0 Å². The Morgan fingerprint density at radius 2 is 2.29 bits per heavy atom. The van der Waals surface area contributed by atoms with Crippen molar-refractivity contribution in [3.63, 3.8) is 0 Å². The van der Waals surface area contributed by atoms with E-state index in [4.69, 9.17) is 11.6 Å². The highest BCUT2D eigenvalue weighted by Crippen LogP contribution is 2.12. The van der Waals surface area contributed by atoms with E-state index in [0.29, 0.717) is 0 Å². The molecule has 17 heavy (non-hydrogen) atoms. The molecule has 1 N–H and O–H groups in total. The first-order valence-corrected chi connectivity index (χ1v) is 6.11. The Morgan fingerprint density at radius 1 is 1.41 bits per heavy atom. The van der Waals surface area contributed by atoms with Crippen molar-refractivity contribution in [2.45, 2.75) is 20.0 Å². The van der Waals surface area contributed by atoms with Crippen LogP contribution in [0.25, 0.3) is 0 Å². The van der Waals surface area contributed by atoms with Gasteiger partial charge in [0.2, 0.25) is 0 Å². The third kappa shape index (κ3) is 3.58. The maximum atomic E-state index is 5.95. The second-order valence-corrected chi connectivity index (χ2v) is 4.38. The Hall–Kier alpha value is -1.32. The average Bonchev–Trinajstić information content (AvgIpc) is 2.74. The molecule has 4 heteroatoms. The number of hydrogen-bond acceptors (Lipinski definition) is 2. The molecule has 0 amide bonds. The zero-order valence-corrected chi connectivity index (χ0v) is 10.6. The Balaban J connectivity index is 2.01. The molecule has 0 saturated carbocycles. The van der Waals surface area contributed by atoms with Crippen molar-refractivity contribution in [1.29, 1.82) is 0 Å². The quantitative estimate of drug-likeness (QED) is 0.883. The van der Waals surface area contributed by atoms with Crippen molar-refractivity contribution in [2.24, 2.45) is 0 Å². The van der Waals surface area contributed by atoms with Gasteiger partial charge < -0.3 is 9.88 Å². The fourth-order valence-corrected chi connectivity index (χ4v) is 1.90. The van der Waals surface area contributed by atoms with Crippen LogP contribution in [-0.4, -0.2) is 16.1 Å². The van der Waals surface area contributed by atoms with E-state index in [0.717, 1.165) is 30.4 Å². The smallest absolute Gasteiger partial charge is 0.0953 e. The lowest BCUT2D eigenvalue weighted by molar-refractivity contribution is 0.712. The van der Waals surface area contributed by atoms with Gasteiger partial charge in [0, 0.05) is 24.3 Å². The SMILES string of the molecule is CCNCc1cn(Cc2cccc(Cl)c2)cn1. The lowest BCUT2D eigenvalue weighted by Gasteiger charge is -2.02. The third-order valence-electron chi connectivity index (χ3n) is 2.50. The number of rotatable bonds is 5. The Morgan fingerprint density at radius 3 is 3.06 bits per heavy atom. The third-order valence-corrected chi connectivity index (χ3v) is 2.73. The fourth-order valence-electron chi connectivity index (χ4n) is 1.68. The van der Waals surface area contributed by atoms with Crippen LogP contribution < -0.4 is 5.32 Å². The maximum Gasteiger partial charge on any atom is 0.0953 e. The van der Waals surface area contributed by atoms with Crippen molar-refractivity contribution in [2.75, 3.05) is 6.54 Å². The molecule has 1 aromatic carbocycles. The average molecular weight is 250 g/mol. The molecule has 0 radical (unpaired) electrons. The van der Waals surface area contributed by atoms with Crippen LogP contribution in [0.5, 0.6) is 0 Å². The fraction of sp³-hybridized carbons (Fsp3) is 0.308. The summed E-state index contributed by atoms with van der Waals surface area (Å²) in [6.07, 6.45) is 3.91. The highest BCUT2D eigenvalue weighted by atomic mass is 35.5. The van der Waals surface area contributed by atoms with Gasteiger partial charge in [-0.05, 0) is 24.2 Å². The van der Waals surface area contributed by atoms with Crippen molar-refractivity contribution < 1.29 is 0 Å². The summed E-state index contributed by atoms with van der Waals surface area (Å²) in [5, 5.41) is 4.03. The van der Waals surface area contributed by atoms with Crippen LogP contribution in [0.3, 0.4) is 0 Å². The second kappa shape index (κ2) is 5.84. The molecule has 0 saturated heterocycles. The van der Waals surface area contributed by atoms with Gasteiger partial charge in [-0.2, -0.15) is 0 Å². The summed E-state index contributed by atoms with van der Waals surface area (Å²) in [7, 11) is 0. The highest BCUT2D eigenvalue weighted by Gasteiger charge is 1.99. The molecule has 0 fully saturated rings. The molecule has 0 aliphatic carbocycles. The summed E-state index contributed by atoms with van der Waals surface area (Å²) >= 11 is 5.95. The van der Waals surface area contributed by atoms with E-state index in [1.807, 2.05) is 24.5 Å². The van der Waals surface area contributed by atoms with Crippen molar-refractivity contribution in [3.8, 4) is 0 Å². The summed E-state index contributed by atoms with van der Waals surface area (Å²) in [5.74, 6) is 0. The molecule has 0 atom stereocenters. The van der Waals surface area contributed by atoms with Gasteiger partial charge in [-0.1, -0.05) is 30.7 Å². The summed E-state index contributed by atoms with van der Waals surface area (Å²) in [6.45, 7) is 4.67. The molecule has 1 heterocycles. The largest absolute Gasteiger partial charge is 0.333 e. The molecule has 0 aliphatic heterocycles. The van der Waals surface area contributed by atoms with Crippen molar-refractivity contribution in [3.05, 3.63) is 53.1 Å². The predicted molar refractivity (Wildman–Crippen MR) is 70.2 cm³/mol. The molecule has 2 aromatic rings. The minimum atomic E-state index is 0.774. The first-order chi connectivity index (χ1) is 8.28. The molecule has 0 aliphatic rings. The number of nitrogens with one attached hydrogen (secondary N) is 1. The van der Waals surface area contributed by atoms with Gasteiger partial charge in [-0.25, -0.2) is 4.98 Å². The lowest BCUT2D eigenvalue weighted by Crippen LogP contribution is -2.11. The number of hydrogen-bond donors (Lipinski definition) is 1. The van der Waals surface area contributed by atoms with E-state index in [1.54, 1.807) is 0 Å². The normalized spacial score (nSPS) is 10.7. The van der Waals surface area contributed by atoms with Crippen LogP contribution in [0.15, 0.2) is 36.8 Å². The number of imidazole rings is 1. The van der Waals surface area contributed by atoms with E-state index in [9.17, 15) is 0 Å². The molecule has 2 rings (SSSR count). The Bertz CT molecular complexity index is 479. The second-order valence-electron chi connectivity index (χ2n) is 3.95. The Labute approximate surface area is 106 Å². The van der Waals surface area contributed by atoms with Gasteiger partial charge >= 0.3 is 0 Å². The van der Waals surface area contributed by atoms with Crippen LogP contribution in [0.4, 0.5) is 0 Å². The molecule has 0 bridgehead atoms. The van der Waals surface area contributed by atoms with Crippen molar-refractivity contribution >= 4 is 11.6 Å². The minimum Gasteiger partial charge on any atom is -0.333 e. The molecule has 0 unspecified atom stereocenters. The van der Waals surface area contributed by atoms with E-state index in [2.05, 4.69) is 34.1 Å². The summed E-state index contributed by atoms with van der Waals surface area (Å²) < 4.78 is 2.07. The number of benzene rings is 1. The van der Waals surface area contributed by atoms with Crippen LogP contribution in [0, 0.1) is 0 Å². The molecule has 90 valence electrons. The van der Waals surface area contributed by atoms with E-state index < -0.39 is 0 Å². The van der Waals surface area contributed by atoms with Crippen molar-refractivity contribution in [1.82, 2.24) is 14.9 Å². The van der Waals surface area contributed by atoms with E-state index in [-0.39, 0.29) is 0 Å². The van der Waals surface area contributed by atoms with Gasteiger partial charge in [0.15, 0.2) is 0 Å². The topological polar surface area (TPSA) is 29.9 Å². The molecule has 1 aromatic heterocycles. The van der Waals surface area contributed by atoms with E-state index in [1.165, 1.54) is 5.56 Å². The summed E-state index contributed by atoms with van der Waals surface area (Å²) in [4.78, 5) is 4.34. The first kappa shape index (κ1) is 12.1.